The first-order valence-electron chi connectivity index (χ1n) is 7.51. The molecule has 19 heavy (non-hydrogen) atoms. The van der Waals surface area contributed by atoms with Crippen molar-refractivity contribution in [3.63, 3.8) is 0 Å². The molecule has 0 saturated carbocycles. The Morgan fingerprint density at radius 2 is 2.32 bits per heavy atom. The zero-order valence-electron chi connectivity index (χ0n) is 12.2. The van der Waals surface area contributed by atoms with Crippen LogP contribution in [0.15, 0.2) is 0 Å². The molecule has 0 radical (unpaired) electrons. The predicted octanol–water partition coefficient (Wildman–Crippen LogP) is 1.34. The molecule has 2 aliphatic rings. The van der Waals surface area contributed by atoms with Gasteiger partial charge in [0.05, 0.1) is 7.11 Å². The molecule has 0 aromatic heterocycles. The zero-order valence-corrected chi connectivity index (χ0v) is 12.2. The van der Waals surface area contributed by atoms with Gasteiger partial charge < -0.3 is 15.4 Å². The molecule has 2 fully saturated rings. The van der Waals surface area contributed by atoms with Crippen molar-refractivity contribution in [2.24, 2.45) is 0 Å². The van der Waals surface area contributed by atoms with Crippen LogP contribution in [0.3, 0.4) is 0 Å². The quantitative estimate of drug-likeness (QED) is 0.808. The summed E-state index contributed by atoms with van der Waals surface area (Å²) in [6, 6.07) is 1.51. The standard InChI is InChI=1S/C14H27N3O2/c1-11(9-12-5-3-4-7-15-12)17-8-6-13(10-17)16-14(18)19-2/h11-13,15H,3-10H2,1-2H3,(H,16,18). The maximum atomic E-state index is 11.2. The molecule has 2 aliphatic heterocycles. The molecule has 3 unspecified atom stereocenters. The maximum absolute atomic E-state index is 11.2. The number of nitrogens with zero attached hydrogens (tertiary/aromatic N) is 1. The predicted molar refractivity (Wildman–Crippen MR) is 75.2 cm³/mol. The van der Waals surface area contributed by atoms with Crippen molar-refractivity contribution >= 4 is 6.09 Å². The lowest BCUT2D eigenvalue weighted by atomic mass is 9.98. The van der Waals surface area contributed by atoms with E-state index in [4.69, 9.17) is 0 Å². The van der Waals surface area contributed by atoms with Gasteiger partial charge in [-0.15, -0.1) is 0 Å². The first kappa shape index (κ1) is 14.6. The van der Waals surface area contributed by atoms with Crippen LogP contribution in [-0.2, 0) is 4.74 Å². The second-order valence-corrected chi connectivity index (χ2v) is 5.85. The van der Waals surface area contributed by atoms with E-state index in [9.17, 15) is 4.79 Å². The van der Waals surface area contributed by atoms with Gasteiger partial charge >= 0.3 is 6.09 Å². The summed E-state index contributed by atoms with van der Waals surface area (Å²) in [5.41, 5.74) is 0. The third-order valence-electron chi connectivity index (χ3n) is 4.39. The molecule has 2 rings (SSSR count). The first-order valence-corrected chi connectivity index (χ1v) is 7.51. The molecule has 0 spiro atoms. The highest BCUT2D eigenvalue weighted by molar-refractivity contribution is 5.67. The molecular formula is C14H27N3O2. The van der Waals surface area contributed by atoms with Crippen molar-refractivity contribution in [1.82, 2.24) is 15.5 Å². The van der Waals surface area contributed by atoms with Crippen LogP contribution < -0.4 is 10.6 Å². The van der Waals surface area contributed by atoms with Gasteiger partial charge in [-0.3, -0.25) is 4.90 Å². The summed E-state index contributed by atoms with van der Waals surface area (Å²) in [7, 11) is 1.42. The Morgan fingerprint density at radius 3 is 3.00 bits per heavy atom. The number of carbonyl (C=O) groups excluding carboxylic acids is 1. The molecule has 0 aliphatic carbocycles. The molecule has 5 heteroatoms. The molecule has 2 heterocycles. The molecule has 2 saturated heterocycles. The van der Waals surface area contributed by atoms with Crippen molar-refractivity contribution in [2.75, 3.05) is 26.7 Å². The lowest BCUT2D eigenvalue weighted by Crippen LogP contribution is -2.43. The number of hydrogen-bond acceptors (Lipinski definition) is 4. The minimum Gasteiger partial charge on any atom is -0.453 e. The largest absolute Gasteiger partial charge is 0.453 e. The third kappa shape index (κ3) is 4.35. The lowest BCUT2D eigenvalue weighted by Gasteiger charge is -2.31. The number of ether oxygens (including phenoxy) is 1. The van der Waals surface area contributed by atoms with Crippen LogP contribution in [0.5, 0.6) is 0 Å². The fraction of sp³-hybridized carbons (Fsp3) is 0.929. The molecule has 1 amide bonds. The Hall–Kier alpha value is -0.810. The summed E-state index contributed by atoms with van der Waals surface area (Å²) < 4.78 is 4.65. The Kier molecular flexibility index (Phi) is 5.45. The molecule has 0 aromatic rings. The topological polar surface area (TPSA) is 53.6 Å². The zero-order chi connectivity index (χ0) is 13.7. The van der Waals surface area contributed by atoms with Crippen LogP contribution in [0.1, 0.15) is 39.0 Å². The van der Waals surface area contributed by atoms with E-state index in [1.165, 1.54) is 39.3 Å². The summed E-state index contributed by atoms with van der Waals surface area (Å²) in [6.07, 6.45) is 5.91. The van der Waals surface area contributed by atoms with Crippen LogP contribution in [-0.4, -0.2) is 55.9 Å². The Bertz CT molecular complexity index is 292. The Balaban J connectivity index is 1.71. The molecule has 5 nitrogen and oxygen atoms in total. The maximum Gasteiger partial charge on any atom is 0.407 e. The summed E-state index contributed by atoms with van der Waals surface area (Å²) in [5.74, 6) is 0. The van der Waals surface area contributed by atoms with E-state index in [-0.39, 0.29) is 12.1 Å². The highest BCUT2D eigenvalue weighted by Gasteiger charge is 2.28. The lowest BCUT2D eigenvalue weighted by molar-refractivity contribution is 0.164. The van der Waals surface area contributed by atoms with Gasteiger partial charge in [0.1, 0.15) is 0 Å². The number of piperidine rings is 1. The highest BCUT2D eigenvalue weighted by Crippen LogP contribution is 2.19. The fourth-order valence-corrected chi connectivity index (χ4v) is 3.22. The van der Waals surface area contributed by atoms with E-state index in [0.29, 0.717) is 12.1 Å². The van der Waals surface area contributed by atoms with Gasteiger partial charge in [0.15, 0.2) is 0 Å². The molecule has 2 N–H and O–H groups in total. The number of likely N-dealkylation sites (tertiary alicyclic amines) is 1. The van der Waals surface area contributed by atoms with Crippen molar-refractivity contribution in [1.29, 1.82) is 0 Å². The normalized spacial score (nSPS) is 30.0. The van der Waals surface area contributed by atoms with E-state index in [1.54, 1.807) is 0 Å². The number of alkyl carbamates (subject to hydrolysis) is 1. The van der Waals surface area contributed by atoms with Gasteiger partial charge in [-0.25, -0.2) is 4.79 Å². The van der Waals surface area contributed by atoms with Gasteiger partial charge in [-0.2, -0.15) is 0 Å². The molecule has 0 aromatic carbocycles. The summed E-state index contributed by atoms with van der Waals surface area (Å²) >= 11 is 0. The highest BCUT2D eigenvalue weighted by atomic mass is 16.5. The smallest absolute Gasteiger partial charge is 0.407 e. The summed E-state index contributed by atoms with van der Waals surface area (Å²) in [5, 5.41) is 6.51. The van der Waals surface area contributed by atoms with E-state index in [1.807, 2.05) is 0 Å². The Labute approximate surface area is 116 Å². The average molecular weight is 269 g/mol. The summed E-state index contributed by atoms with van der Waals surface area (Å²) in [4.78, 5) is 13.7. The SMILES string of the molecule is COC(=O)NC1CCN(C(C)CC2CCCCN2)C1. The van der Waals surface area contributed by atoms with E-state index in [2.05, 4.69) is 27.2 Å². The molecule has 3 atom stereocenters. The van der Waals surface area contributed by atoms with Gasteiger partial charge in [-0.05, 0) is 39.2 Å². The number of nitrogens with one attached hydrogen (secondary N) is 2. The van der Waals surface area contributed by atoms with Gasteiger partial charge in [-0.1, -0.05) is 6.42 Å². The second-order valence-electron chi connectivity index (χ2n) is 5.85. The minimum atomic E-state index is -0.312. The minimum absolute atomic E-state index is 0.245. The fourth-order valence-electron chi connectivity index (χ4n) is 3.22. The van der Waals surface area contributed by atoms with Crippen LogP contribution in [0.4, 0.5) is 4.79 Å². The molecular weight excluding hydrogens is 242 g/mol. The van der Waals surface area contributed by atoms with Crippen LogP contribution in [0.2, 0.25) is 0 Å². The van der Waals surface area contributed by atoms with Crippen LogP contribution in [0.25, 0.3) is 0 Å². The van der Waals surface area contributed by atoms with Crippen molar-refractivity contribution in [3.8, 4) is 0 Å². The first-order chi connectivity index (χ1) is 9.19. The number of methoxy groups -OCH3 is 1. The van der Waals surface area contributed by atoms with E-state index < -0.39 is 0 Å². The number of carbonyl (C=O) groups is 1. The average Bonchev–Trinajstić information content (AvgIpc) is 2.88. The summed E-state index contributed by atoms with van der Waals surface area (Å²) in [6.45, 7) is 5.49. The monoisotopic (exact) mass is 269 g/mol. The molecule has 0 bridgehead atoms. The Morgan fingerprint density at radius 1 is 1.47 bits per heavy atom. The van der Waals surface area contributed by atoms with Crippen LogP contribution >= 0.6 is 0 Å². The number of hydrogen-bond donors (Lipinski definition) is 2. The molecule has 110 valence electrons. The van der Waals surface area contributed by atoms with Gasteiger partial charge in [0.2, 0.25) is 0 Å². The van der Waals surface area contributed by atoms with E-state index >= 15 is 0 Å². The number of amides is 1. The second kappa shape index (κ2) is 7.10. The number of rotatable bonds is 4. The van der Waals surface area contributed by atoms with E-state index in [0.717, 1.165) is 19.5 Å². The van der Waals surface area contributed by atoms with Gasteiger partial charge in [0.25, 0.3) is 0 Å². The van der Waals surface area contributed by atoms with Crippen LogP contribution in [0, 0.1) is 0 Å². The van der Waals surface area contributed by atoms with Gasteiger partial charge in [0, 0.05) is 31.2 Å². The third-order valence-corrected chi connectivity index (χ3v) is 4.39. The van der Waals surface area contributed by atoms with Crippen molar-refractivity contribution in [2.45, 2.75) is 57.2 Å². The van der Waals surface area contributed by atoms with Crippen molar-refractivity contribution < 1.29 is 9.53 Å². The van der Waals surface area contributed by atoms with Crippen molar-refractivity contribution in [3.05, 3.63) is 0 Å².